The van der Waals surface area contributed by atoms with E-state index in [1.807, 2.05) is 30.3 Å². The molecule has 8 heteroatoms. The van der Waals surface area contributed by atoms with Crippen molar-refractivity contribution in [2.75, 3.05) is 6.26 Å². The van der Waals surface area contributed by atoms with Gasteiger partial charge in [-0.25, -0.2) is 17.9 Å². The van der Waals surface area contributed by atoms with E-state index in [2.05, 4.69) is 5.10 Å². The van der Waals surface area contributed by atoms with Crippen LogP contribution >= 0.6 is 0 Å². The van der Waals surface area contributed by atoms with Crippen LogP contribution in [0, 0.1) is 0 Å². The smallest absolute Gasteiger partial charge is 0.277 e. The molecule has 24 heavy (non-hydrogen) atoms. The van der Waals surface area contributed by atoms with Crippen molar-refractivity contribution in [2.45, 2.75) is 44.4 Å². The molecule has 1 saturated heterocycles. The number of fused-ring (bicyclic) bond motifs is 3. The number of benzene rings is 1. The summed E-state index contributed by atoms with van der Waals surface area (Å²) in [5, 5.41) is 4.49. The molecule has 2 aliphatic rings. The van der Waals surface area contributed by atoms with Gasteiger partial charge in [-0.1, -0.05) is 30.3 Å². The second-order valence-electron chi connectivity index (χ2n) is 6.63. The molecule has 1 aromatic heterocycles. The zero-order valence-corrected chi connectivity index (χ0v) is 14.3. The zero-order valence-electron chi connectivity index (χ0n) is 13.5. The second-order valence-corrected chi connectivity index (χ2v) is 8.52. The van der Waals surface area contributed by atoms with Gasteiger partial charge in [-0.3, -0.25) is 4.57 Å². The monoisotopic (exact) mass is 348 g/mol. The topological polar surface area (TPSA) is 77.2 Å². The number of aromatic nitrogens is 3. The van der Waals surface area contributed by atoms with Gasteiger partial charge in [-0.2, -0.15) is 9.40 Å². The highest BCUT2D eigenvalue weighted by molar-refractivity contribution is 7.88. The molecule has 128 valence electrons. The van der Waals surface area contributed by atoms with Crippen molar-refractivity contribution in [3.63, 3.8) is 0 Å². The summed E-state index contributed by atoms with van der Waals surface area (Å²) >= 11 is 0. The first-order valence-electron chi connectivity index (χ1n) is 8.12. The first-order valence-corrected chi connectivity index (χ1v) is 9.97. The molecule has 0 radical (unpaired) electrons. The molecule has 0 spiro atoms. The van der Waals surface area contributed by atoms with E-state index in [0.717, 1.165) is 18.4 Å². The van der Waals surface area contributed by atoms with Gasteiger partial charge in [0.05, 0.1) is 12.8 Å². The number of rotatable bonds is 3. The third kappa shape index (κ3) is 2.59. The Bertz CT molecular complexity index is 917. The maximum absolute atomic E-state index is 12.7. The van der Waals surface area contributed by atoms with Gasteiger partial charge in [-0.05, 0) is 18.4 Å². The van der Waals surface area contributed by atoms with E-state index in [1.54, 1.807) is 8.87 Å². The van der Waals surface area contributed by atoms with Crippen molar-refractivity contribution in [2.24, 2.45) is 0 Å². The summed E-state index contributed by atoms with van der Waals surface area (Å²) in [5.74, 6) is 0.691. The standard InChI is InChI=1S/C16H20N4O3S/c1-24(22,23)20-13-7-8-14(20)11-18-15(9-13)17-19(16(18)21)10-12-5-3-2-4-6-12/h2-6,13-14H,7-11H2,1H3. The Morgan fingerprint density at radius 3 is 2.58 bits per heavy atom. The van der Waals surface area contributed by atoms with E-state index in [4.69, 9.17) is 0 Å². The lowest BCUT2D eigenvalue weighted by molar-refractivity contribution is 0.315. The Kier molecular flexibility index (Phi) is 3.61. The fraction of sp³-hybridized carbons (Fsp3) is 0.500. The fourth-order valence-corrected chi connectivity index (χ4v) is 5.38. The molecular weight excluding hydrogens is 328 g/mol. The van der Waals surface area contributed by atoms with Crippen LogP contribution in [0.4, 0.5) is 0 Å². The quantitative estimate of drug-likeness (QED) is 0.807. The molecule has 3 heterocycles. The van der Waals surface area contributed by atoms with Crippen molar-refractivity contribution in [1.29, 1.82) is 0 Å². The first kappa shape index (κ1) is 15.6. The van der Waals surface area contributed by atoms with Gasteiger partial charge < -0.3 is 0 Å². The number of hydrogen-bond donors (Lipinski definition) is 0. The molecule has 7 nitrogen and oxygen atoms in total. The van der Waals surface area contributed by atoms with E-state index < -0.39 is 10.0 Å². The van der Waals surface area contributed by atoms with Crippen molar-refractivity contribution in [3.05, 3.63) is 52.2 Å². The van der Waals surface area contributed by atoms with Crippen LogP contribution in [0.5, 0.6) is 0 Å². The number of nitrogens with zero attached hydrogens (tertiary/aromatic N) is 4. The van der Waals surface area contributed by atoms with Crippen LogP contribution in [0.3, 0.4) is 0 Å². The normalized spacial score (nSPS) is 23.9. The molecule has 2 aliphatic heterocycles. The van der Waals surface area contributed by atoms with Gasteiger partial charge in [0, 0.05) is 25.0 Å². The Balaban J connectivity index is 1.68. The van der Waals surface area contributed by atoms with E-state index >= 15 is 0 Å². The maximum atomic E-state index is 12.7. The fourth-order valence-electron chi connectivity index (χ4n) is 3.94. The summed E-state index contributed by atoms with van der Waals surface area (Å²) in [6.45, 7) is 0.831. The second kappa shape index (κ2) is 5.56. The average Bonchev–Trinajstić information content (AvgIpc) is 2.98. The highest BCUT2D eigenvalue weighted by Crippen LogP contribution is 2.32. The lowest BCUT2D eigenvalue weighted by atomic mass is 10.1. The molecule has 2 bridgehead atoms. The molecule has 2 aromatic rings. The summed E-state index contributed by atoms with van der Waals surface area (Å²) in [4.78, 5) is 12.7. The minimum atomic E-state index is -3.27. The van der Waals surface area contributed by atoms with Crippen molar-refractivity contribution >= 4 is 10.0 Å². The maximum Gasteiger partial charge on any atom is 0.346 e. The summed E-state index contributed by atoms with van der Waals surface area (Å²) in [6.07, 6.45) is 3.38. The molecule has 4 rings (SSSR count). The number of sulfonamides is 1. The molecule has 0 aliphatic carbocycles. The predicted octanol–water partition coefficient (Wildman–Crippen LogP) is 0.442. The minimum absolute atomic E-state index is 0.0850. The Labute approximate surface area is 140 Å². The Morgan fingerprint density at radius 1 is 1.17 bits per heavy atom. The Morgan fingerprint density at radius 2 is 1.88 bits per heavy atom. The van der Waals surface area contributed by atoms with Gasteiger partial charge in [0.15, 0.2) is 0 Å². The van der Waals surface area contributed by atoms with Gasteiger partial charge in [-0.15, -0.1) is 0 Å². The molecule has 1 aromatic carbocycles. The largest absolute Gasteiger partial charge is 0.346 e. The number of hydrogen-bond acceptors (Lipinski definition) is 4. The van der Waals surface area contributed by atoms with Crippen molar-refractivity contribution in [1.82, 2.24) is 18.7 Å². The lowest BCUT2D eigenvalue weighted by Gasteiger charge is -2.24. The predicted molar refractivity (Wildman–Crippen MR) is 89.2 cm³/mol. The molecule has 1 fully saturated rings. The summed E-state index contributed by atoms with van der Waals surface area (Å²) < 4.78 is 28.9. The lowest BCUT2D eigenvalue weighted by Crippen LogP contribution is -2.42. The van der Waals surface area contributed by atoms with Crippen LogP contribution in [-0.4, -0.2) is 45.4 Å². The highest BCUT2D eigenvalue weighted by Gasteiger charge is 2.43. The van der Waals surface area contributed by atoms with E-state index in [9.17, 15) is 13.2 Å². The van der Waals surface area contributed by atoms with Crippen LogP contribution in [0.15, 0.2) is 35.1 Å². The highest BCUT2D eigenvalue weighted by atomic mass is 32.2. The van der Waals surface area contributed by atoms with Gasteiger partial charge in [0.1, 0.15) is 5.82 Å². The molecule has 2 atom stereocenters. The van der Waals surface area contributed by atoms with Crippen LogP contribution in [-0.2, 0) is 29.5 Å². The summed E-state index contributed by atoms with van der Waals surface area (Å²) in [6, 6.07) is 9.51. The van der Waals surface area contributed by atoms with Crippen LogP contribution in [0.25, 0.3) is 0 Å². The van der Waals surface area contributed by atoms with Gasteiger partial charge >= 0.3 is 5.69 Å². The third-order valence-electron chi connectivity index (χ3n) is 4.92. The van der Waals surface area contributed by atoms with Gasteiger partial charge in [0.25, 0.3) is 0 Å². The molecule has 0 amide bonds. The van der Waals surface area contributed by atoms with Crippen LogP contribution in [0.2, 0.25) is 0 Å². The van der Waals surface area contributed by atoms with Gasteiger partial charge in [0.2, 0.25) is 10.0 Å². The SMILES string of the molecule is CS(=O)(=O)N1C2CCC1Cn1c(nn(Cc3ccccc3)c1=O)C2. The molecular formula is C16H20N4O3S. The zero-order chi connectivity index (χ0) is 16.9. The van der Waals surface area contributed by atoms with Crippen LogP contribution in [0.1, 0.15) is 24.2 Å². The average molecular weight is 348 g/mol. The summed E-state index contributed by atoms with van der Waals surface area (Å²) in [7, 11) is -3.27. The Hall–Kier alpha value is -1.93. The molecule has 0 N–H and O–H groups in total. The summed E-state index contributed by atoms with van der Waals surface area (Å²) in [5.41, 5.74) is 0.864. The van der Waals surface area contributed by atoms with E-state index in [1.165, 1.54) is 10.9 Å². The van der Waals surface area contributed by atoms with Crippen molar-refractivity contribution < 1.29 is 8.42 Å². The third-order valence-corrected chi connectivity index (χ3v) is 6.28. The van der Waals surface area contributed by atoms with Crippen LogP contribution < -0.4 is 5.69 Å². The first-order chi connectivity index (χ1) is 11.4. The minimum Gasteiger partial charge on any atom is -0.277 e. The van der Waals surface area contributed by atoms with E-state index in [0.29, 0.717) is 25.3 Å². The molecule has 0 saturated carbocycles. The van der Waals surface area contributed by atoms with Crippen molar-refractivity contribution in [3.8, 4) is 0 Å². The van der Waals surface area contributed by atoms with E-state index in [-0.39, 0.29) is 17.8 Å². The molecule has 2 unspecified atom stereocenters.